The van der Waals surface area contributed by atoms with Crippen LogP contribution in [0, 0.1) is 5.92 Å². The first-order chi connectivity index (χ1) is 5.18. The number of rotatable bonds is 2. The lowest BCUT2D eigenvalue weighted by atomic mass is 10.1. The standard InChI is InChI=1S/C7H13F2NO/c1-6-2-3-11-10(4-6)5-7(8)9/h6-7H,2-5H2,1H3/t6-/m0/s1. The van der Waals surface area contributed by atoms with Gasteiger partial charge in [0.1, 0.15) is 0 Å². The van der Waals surface area contributed by atoms with Gasteiger partial charge in [0.25, 0.3) is 6.43 Å². The van der Waals surface area contributed by atoms with E-state index in [0.29, 0.717) is 19.1 Å². The molecule has 0 bridgehead atoms. The zero-order valence-electron chi connectivity index (χ0n) is 6.59. The highest BCUT2D eigenvalue weighted by atomic mass is 19.3. The maximum Gasteiger partial charge on any atom is 0.253 e. The highest BCUT2D eigenvalue weighted by Gasteiger charge is 2.19. The average Bonchev–Trinajstić information content (AvgIpc) is 1.85. The van der Waals surface area contributed by atoms with E-state index in [4.69, 9.17) is 4.84 Å². The summed E-state index contributed by atoms with van der Waals surface area (Å²) in [6, 6.07) is 0. The van der Waals surface area contributed by atoms with Gasteiger partial charge in [-0.3, -0.25) is 4.84 Å². The number of nitrogens with zero attached hydrogens (tertiary/aromatic N) is 1. The van der Waals surface area contributed by atoms with Gasteiger partial charge in [-0.1, -0.05) is 6.92 Å². The quantitative estimate of drug-likeness (QED) is 0.615. The summed E-state index contributed by atoms with van der Waals surface area (Å²) in [5.74, 6) is 0.475. The second-order valence-electron chi connectivity index (χ2n) is 2.97. The molecule has 2 nitrogen and oxygen atoms in total. The molecule has 0 N–H and O–H groups in total. The summed E-state index contributed by atoms with van der Waals surface area (Å²) in [6.45, 7) is 2.99. The summed E-state index contributed by atoms with van der Waals surface area (Å²) in [7, 11) is 0. The van der Waals surface area contributed by atoms with Crippen LogP contribution in [0.2, 0.25) is 0 Å². The lowest BCUT2D eigenvalue weighted by Crippen LogP contribution is -2.37. The Morgan fingerprint density at radius 3 is 2.91 bits per heavy atom. The average molecular weight is 165 g/mol. The van der Waals surface area contributed by atoms with Gasteiger partial charge in [0, 0.05) is 6.54 Å². The van der Waals surface area contributed by atoms with Crippen molar-refractivity contribution in [2.75, 3.05) is 19.7 Å². The van der Waals surface area contributed by atoms with Crippen LogP contribution in [-0.2, 0) is 4.84 Å². The van der Waals surface area contributed by atoms with Crippen LogP contribution < -0.4 is 0 Å². The number of hydrogen-bond acceptors (Lipinski definition) is 2. The van der Waals surface area contributed by atoms with Crippen LogP contribution >= 0.6 is 0 Å². The molecular weight excluding hydrogens is 152 g/mol. The minimum atomic E-state index is -2.29. The maximum absolute atomic E-state index is 11.8. The van der Waals surface area contributed by atoms with Crippen molar-refractivity contribution in [2.24, 2.45) is 5.92 Å². The van der Waals surface area contributed by atoms with E-state index in [1.165, 1.54) is 5.06 Å². The third-order valence-electron chi connectivity index (χ3n) is 1.74. The molecule has 0 amide bonds. The normalized spacial score (nSPS) is 27.8. The Morgan fingerprint density at radius 1 is 1.64 bits per heavy atom. The van der Waals surface area contributed by atoms with Crippen molar-refractivity contribution in [2.45, 2.75) is 19.8 Å². The number of alkyl halides is 2. The van der Waals surface area contributed by atoms with Gasteiger partial charge in [0.05, 0.1) is 13.2 Å². The molecule has 0 unspecified atom stereocenters. The third kappa shape index (κ3) is 3.12. The van der Waals surface area contributed by atoms with E-state index in [1.807, 2.05) is 6.92 Å². The van der Waals surface area contributed by atoms with E-state index in [-0.39, 0.29) is 6.54 Å². The summed E-state index contributed by atoms with van der Waals surface area (Å²) in [6.07, 6.45) is -1.32. The molecule has 1 saturated heterocycles. The van der Waals surface area contributed by atoms with Crippen LogP contribution in [0.5, 0.6) is 0 Å². The van der Waals surface area contributed by atoms with Gasteiger partial charge in [-0.2, -0.15) is 5.06 Å². The summed E-state index contributed by atoms with van der Waals surface area (Å²) in [4.78, 5) is 5.01. The van der Waals surface area contributed by atoms with E-state index in [0.717, 1.165) is 6.42 Å². The van der Waals surface area contributed by atoms with E-state index in [1.54, 1.807) is 0 Å². The van der Waals surface area contributed by atoms with E-state index in [9.17, 15) is 8.78 Å². The topological polar surface area (TPSA) is 12.5 Å². The molecule has 66 valence electrons. The Hall–Kier alpha value is -0.220. The fourth-order valence-electron chi connectivity index (χ4n) is 1.16. The lowest BCUT2D eigenvalue weighted by Gasteiger charge is -2.29. The molecule has 0 spiro atoms. The van der Waals surface area contributed by atoms with Crippen LogP contribution in [0.4, 0.5) is 8.78 Å². The largest absolute Gasteiger partial charge is 0.299 e. The fourth-order valence-corrected chi connectivity index (χ4v) is 1.16. The van der Waals surface area contributed by atoms with Crippen LogP contribution in [0.1, 0.15) is 13.3 Å². The SMILES string of the molecule is C[C@H]1CCON(CC(F)F)C1. The predicted octanol–water partition coefficient (Wildman–Crippen LogP) is 1.52. The molecule has 1 aliphatic rings. The van der Waals surface area contributed by atoms with Crippen LogP contribution in [0.25, 0.3) is 0 Å². The molecule has 0 aromatic rings. The molecule has 0 saturated carbocycles. The predicted molar refractivity (Wildman–Crippen MR) is 37.3 cm³/mol. The van der Waals surface area contributed by atoms with Crippen molar-refractivity contribution < 1.29 is 13.6 Å². The van der Waals surface area contributed by atoms with Crippen LogP contribution in [0.15, 0.2) is 0 Å². The minimum Gasteiger partial charge on any atom is -0.299 e. The molecule has 0 radical (unpaired) electrons. The molecule has 1 atom stereocenters. The van der Waals surface area contributed by atoms with Gasteiger partial charge in [-0.25, -0.2) is 8.78 Å². The van der Waals surface area contributed by atoms with Crippen molar-refractivity contribution in [3.05, 3.63) is 0 Å². The maximum atomic E-state index is 11.8. The highest BCUT2D eigenvalue weighted by molar-refractivity contribution is 4.61. The Bertz CT molecular complexity index is 119. The van der Waals surface area contributed by atoms with E-state index in [2.05, 4.69) is 0 Å². The molecular formula is C7H13F2NO. The van der Waals surface area contributed by atoms with Crippen LogP contribution in [-0.4, -0.2) is 31.2 Å². The highest BCUT2D eigenvalue weighted by Crippen LogP contribution is 2.13. The molecule has 11 heavy (non-hydrogen) atoms. The molecule has 0 aromatic heterocycles. The first-order valence-corrected chi connectivity index (χ1v) is 3.84. The van der Waals surface area contributed by atoms with Crippen molar-refractivity contribution in [3.63, 3.8) is 0 Å². The number of halogens is 2. The summed E-state index contributed by atoms with van der Waals surface area (Å²) < 4.78 is 23.6. The molecule has 0 aliphatic carbocycles. The second kappa shape index (κ2) is 3.97. The molecule has 1 rings (SSSR count). The van der Waals surface area contributed by atoms with Gasteiger partial charge in [0.15, 0.2) is 0 Å². The van der Waals surface area contributed by atoms with Crippen molar-refractivity contribution in [3.8, 4) is 0 Å². The Kier molecular flexibility index (Phi) is 3.20. The van der Waals surface area contributed by atoms with Gasteiger partial charge >= 0.3 is 0 Å². The van der Waals surface area contributed by atoms with E-state index < -0.39 is 6.43 Å². The monoisotopic (exact) mass is 165 g/mol. The van der Waals surface area contributed by atoms with Crippen molar-refractivity contribution >= 4 is 0 Å². The molecule has 0 aromatic carbocycles. The number of hydrogen-bond donors (Lipinski definition) is 0. The molecule has 4 heteroatoms. The zero-order valence-corrected chi connectivity index (χ0v) is 6.59. The Labute approximate surface area is 65.1 Å². The lowest BCUT2D eigenvalue weighted by molar-refractivity contribution is -0.207. The summed E-state index contributed by atoms with van der Waals surface area (Å²) in [5.41, 5.74) is 0. The van der Waals surface area contributed by atoms with Gasteiger partial charge in [0.2, 0.25) is 0 Å². The minimum absolute atomic E-state index is 0.260. The van der Waals surface area contributed by atoms with Gasteiger partial charge in [-0.05, 0) is 12.3 Å². The van der Waals surface area contributed by atoms with Gasteiger partial charge < -0.3 is 0 Å². The first kappa shape index (κ1) is 8.87. The zero-order chi connectivity index (χ0) is 8.27. The second-order valence-corrected chi connectivity index (χ2v) is 2.97. The number of hydroxylamine groups is 2. The summed E-state index contributed by atoms with van der Waals surface area (Å²) >= 11 is 0. The van der Waals surface area contributed by atoms with Gasteiger partial charge in [-0.15, -0.1) is 0 Å². The third-order valence-corrected chi connectivity index (χ3v) is 1.74. The summed E-state index contributed by atoms with van der Waals surface area (Å²) in [5, 5.41) is 1.36. The van der Waals surface area contributed by atoms with Crippen molar-refractivity contribution in [1.82, 2.24) is 5.06 Å². The fraction of sp³-hybridized carbons (Fsp3) is 1.00. The van der Waals surface area contributed by atoms with Crippen LogP contribution in [0.3, 0.4) is 0 Å². The van der Waals surface area contributed by atoms with E-state index >= 15 is 0 Å². The Morgan fingerprint density at radius 2 is 2.36 bits per heavy atom. The Balaban J connectivity index is 2.23. The van der Waals surface area contributed by atoms with Crippen molar-refractivity contribution in [1.29, 1.82) is 0 Å². The molecule has 1 aliphatic heterocycles. The molecule has 1 fully saturated rings. The molecule has 1 heterocycles. The first-order valence-electron chi connectivity index (χ1n) is 3.84. The smallest absolute Gasteiger partial charge is 0.253 e.